The smallest absolute Gasteiger partial charge is 0.217 e. The summed E-state index contributed by atoms with van der Waals surface area (Å²) in [5.41, 5.74) is 8.53. The summed E-state index contributed by atoms with van der Waals surface area (Å²) in [7, 11) is -3.37. The lowest BCUT2D eigenvalue weighted by Gasteiger charge is -2.40. The third-order valence-corrected chi connectivity index (χ3v) is 10.7. The van der Waals surface area contributed by atoms with Gasteiger partial charge in [0, 0.05) is 42.5 Å². The van der Waals surface area contributed by atoms with E-state index >= 15 is 4.39 Å². The molecule has 1 heterocycles. The van der Waals surface area contributed by atoms with Gasteiger partial charge >= 0.3 is 0 Å². The van der Waals surface area contributed by atoms with E-state index < -0.39 is 16.1 Å². The molecule has 6 nitrogen and oxygen atoms in total. The highest BCUT2D eigenvalue weighted by molar-refractivity contribution is 7.90. The fraction of sp³-hybridized carbons (Fsp3) is 0.552. The first-order valence-electron chi connectivity index (χ1n) is 13.5. The van der Waals surface area contributed by atoms with E-state index in [0.29, 0.717) is 54.9 Å². The first kappa shape index (κ1) is 29.2. The molecule has 2 fully saturated rings. The quantitative estimate of drug-likeness (QED) is 0.421. The van der Waals surface area contributed by atoms with E-state index in [0.717, 1.165) is 5.56 Å². The first-order chi connectivity index (χ1) is 18.0. The molecule has 2 aliphatic rings. The highest BCUT2D eigenvalue weighted by Gasteiger charge is 2.45. The maximum Gasteiger partial charge on any atom is 0.217 e. The number of ketones is 1. The molecule has 208 valence electrons. The summed E-state index contributed by atoms with van der Waals surface area (Å²) in [4.78, 5) is 13.4. The van der Waals surface area contributed by atoms with Crippen LogP contribution in [0.25, 0.3) is 0 Å². The van der Waals surface area contributed by atoms with Gasteiger partial charge in [-0.15, -0.1) is 0 Å². The predicted molar refractivity (Wildman–Crippen MR) is 150 cm³/mol. The molecule has 0 radical (unpaired) electrons. The number of Topliss-reactive ketones (excluding diaryl/α,β-unsaturated/α-hetero) is 1. The second-order valence-electron chi connectivity index (χ2n) is 11.1. The van der Waals surface area contributed by atoms with Crippen LogP contribution in [0.3, 0.4) is 0 Å². The van der Waals surface area contributed by atoms with Crippen LogP contribution in [0.5, 0.6) is 0 Å². The van der Waals surface area contributed by atoms with Crippen molar-refractivity contribution in [1.82, 2.24) is 9.62 Å². The molecule has 4 atom stereocenters. The topological polar surface area (TPSA) is 92.5 Å². The summed E-state index contributed by atoms with van der Waals surface area (Å²) < 4.78 is 43.0. The molecular formula is C29H39ClFN3O3S. The number of hydrogen-bond acceptors (Lipinski definition) is 5. The van der Waals surface area contributed by atoms with Crippen molar-refractivity contribution >= 4 is 27.4 Å². The summed E-state index contributed by atoms with van der Waals surface area (Å²) in [6, 6.07) is 11.0. The summed E-state index contributed by atoms with van der Waals surface area (Å²) in [5, 5.41) is 3.65. The van der Waals surface area contributed by atoms with Crippen molar-refractivity contribution in [3.63, 3.8) is 0 Å². The number of carbonyl (C=O) groups is 1. The van der Waals surface area contributed by atoms with Gasteiger partial charge in [0.15, 0.2) is 5.78 Å². The predicted octanol–water partition coefficient (Wildman–Crippen LogP) is 4.44. The Labute approximate surface area is 231 Å². The molecule has 0 unspecified atom stereocenters. The lowest BCUT2D eigenvalue weighted by atomic mass is 9.80. The number of nitrogens with one attached hydrogen (secondary N) is 1. The summed E-state index contributed by atoms with van der Waals surface area (Å²) in [6.07, 6.45) is 2.24. The number of halogens is 2. The average molecular weight is 564 g/mol. The number of benzene rings is 2. The minimum absolute atomic E-state index is 0.0223. The van der Waals surface area contributed by atoms with E-state index in [-0.39, 0.29) is 47.2 Å². The monoisotopic (exact) mass is 563 g/mol. The maximum absolute atomic E-state index is 15.1. The third-order valence-electron chi connectivity index (χ3n) is 7.89. The van der Waals surface area contributed by atoms with Gasteiger partial charge in [0.25, 0.3) is 0 Å². The normalized spacial score (nSPS) is 22.4. The Morgan fingerprint density at radius 3 is 2.47 bits per heavy atom. The molecule has 1 aliphatic heterocycles. The van der Waals surface area contributed by atoms with Gasteiger partial charge in [-0.3, -0.25) is 4.79 Å². The second kappa shape index (κ2) is 12.1. The Hall–Kier alpha value is -1.84. The highest BCUT2D eigenvalue weighted by atomic mass is 35.5. The molecule has 0 spiro atoms. The van der Waals surface area contributed by atoms with E-state index in [1.165, 1.54) is 6.07 Å². The summed E-state index contributed by atoms with van der Waals surface area (Å²) in [6.45, 7) is 7.10. The van der Waals surface area contributed by atoms with Crippen molar-refractivity contribution in [3.8, 4) is 0 Å². The molecule has 0 amide bonds. The fourth-order valence-electron chi connectivity index (χ4n) is 5.78. The maximum atomic E-state index is 15.1. The molecule has 9 heteroatoms. The first-order valence-corrected chi connectivity index (χ1v) is 15.4. The second-order valence-corrected chi connectivity index (χ2v) is 13.7. The number of sulfonamides is 1. The number of carbonyl (C=O) groups excluding carboxylic acids is 1. The molecule has 1 aliphatic carbocycles. The average Bonchev–Trinajstić information content (AvgIpc) is 3.71. The summed E-state index contributed by atoms with van der Waals surface area (Å²) >= 11 is 6.05. The van der Waals surface area contributed by atoms with E-state index in [9.17, 15) is 13.2 Å². The molecule has 2 aromatic carbocycles. The van der Waals surface area contributed by atoms with Crippen LogP contribution in [0.2, 0.25) is 5.02 Å². The number of nitrogens with zero attached hydrogens (tertiary/aromatic N) is 1. The lowest BCUT2D eigenvalue weighted by Crippen LogP contribution is -2.59. The molecule has 1 saturated heterocycles. The van der Waals surface area contributed by atoms with Crippen LogP contribution in [0, 0.1) is 11.7 Å². The fourth-order valence-corrected chi connectivity index (χ4v) is 8.16. The number of rotatable bonds is 11. The van der Waals surface area contributed by atoms with Crippen molar-refractivity contribution in [2.75, 3.05) is 13.1 Å². The van der Waals surface area contributed by atoms with Crippen molar-refractivity contribution in [2.45, 2.75) is 82.2 Å². The minimum atomic E-state index is -3.37. The highest BCUT2D eigenvalue weighted by Crippen LogP contribution is 2.35. The van der Waals surface area contributed by atoms with Crippen LogP contribution in [-0.4, -0.2) is 55.0 Å². The Balaban J connectivity index is 1.51. The van der Waals surface area contributed by atoms with Gasteiger partial charge in [-0.25, -0.2) is 12.8 Å². The van der Waals surface area contributed by atoms with Crippen LogP contribution < -0.4 is 11.1 Å². The molecule has 1 saturated carbocycles. The van der Waals surface area contributed by atoms with Crippen molar-refractivity contribution in [2.24, 2.45) is 11.7 Å². The van der Waals surface area contributed by atoms with Gasteiger partial charge in [0.2, 0.25) is 10.0 Å². The Kier molecular flexibility index (Phi) is 9.30. The molecule has 2 aromatic rings. The minimum Gasteiger partial charge on any atom is -0.321 e. The SMILES string of the molecule is CC(C)[C@H](c1ccc(Cl)cc1)[C@H](N)C(=O)Cc1cccc(F)c1CC[C@H]1CNC[C@H](C)N1S(=O)(=O)C1CC1. The van der Waals surface area contributed by atoms with Gasteiger partial charge in [-0.2, -0.15) is 4.31 Å². The van der Waals surface area contributed by atoms with Crippen LogP contribution in [0.1, 0.15) is 62.6 Å². The number of hydrogen-bond donors (Lipinski definition) is 2. The zero-order valence-electron chi connectivity index (χ0n) is 22.4. The Bertz CT molecular complexity index is 1230. The van der Waals surface area contributed by atoms with Gasteiger partial charge in [-0.05, 0) is 73.4 Å². The molecular weight excluding hydrogens is 525 g/mol. The van der Waals surface area contributed by atoms with E-state index in [2.05, 4.69) is 5.32 Å². The zero-order chi connectivity index (χ0) is 27.6. The molecule has 3 N–H and O–H groups in total. The standard InChI is InChI=1S/C29H39ClFN3O3S/c1-18(2)28(20-7-9-22(30)10-8-20)29(32)27(35)15-21-5-4-6-26(31)25(21)14-11-23-17-33-16-19(3)34(23)38(36,37)24-12-13-24/h4-10,18-19,23-24,28-29,33H,11-17,32H2,1-3H3/t19-,23-,28+,29+/m0/s1. The van der Waals surface area contributed by atoms with Crippen LogP contribution in [0.15, 0.2) is 42.5 Å². The van der Waals surface area contributed by atoms with Crippen molar-refractivity contribution in [1.29, 1.82) is 0 Å². The third kappa shape index (κ3) is 6.48. The Morgan fingerprint density at radius 1 is 1.16 bits per heavy atom. The zero-order valence-corrected chi connectivity index (χ0v) is 23.9. The van der Waals surface area contributed by atoms with Crippen LogP contribution in [-0.2, 0) is 27.7 Å². The molecule has 4 rings (SSSR count). The van der Waals surface area contributed by atoms with E-state index in [1.54, 1.807) is 28.6 Å². The largest absolute Gasteiger partial charge is 0.321 e. The molecule has 0 aromatic heterocycles. The lowest BCUT2D eigenvalue weighted by molar-refractivity contribution is -0.120. The molecule has 0 bridgehead atoms. The van der Waals surface area contributed by atoms with Crippen molar-refractivity contribution < 1.29 is 17.6 Å². The summed E-state index contributed by atoms with van der Waals surface area (Å²) in [5.74, 6) is -0.623. The molecule has 38 heavy (non-hydrogen) atoms. The van der Waals surface area contributed by atoms with Gasteiger partial charge in [0.1, 0.15) is 5.82 Å². The van der Waals surface area contributed by atoms with Gasteiger partial charge < -0.3 is 11.1 Å². The van der Waals surface area contributed by atoms with Gasteiger partial charge in [0.05, 0.1) is 11.3 Å². The van der Waals surface area contributed by atoms with E-state index in [1.807, 2.05) is 32.9 Å². The van der Waals surface area contributed by atoms with Crippen LogP contribution in [0.4, 0.5) is 4.39 Å². The van der Waals surface area contributed by atoms with Crippen molar-refractivity contribution in [3.05, 3.63) is 70.0 Å². The van der Waals surface area contributed by atoms with E-state index in [4.69, 9.17) is 17.3 Å². The number of nitrogens with two attached hydrogens (primary N) is 1. The Morgan fingerprint density at radius 2 is 1.84 bits per heavy atom. The van der Waals surface area contributed by atoms with Gasteiger partial charge in [-0.1, -0.05) is 49.7 Å². The number of piperazine rings is 1. The van der Waals surface area contributed by atoms with Crippen LogP contribution >= 0.6 is 11.6 Å².